The van der Waals surface area contributed by atoms with Gasteiger partial charge in [0, 0.05) is 24.4 Å². The Kier molecular flexibility index (Phi) is 3.36. The van der Waals surface area contributed by atoms with Gasteiger partial charge in [-0.25, -0.2) is 0 Å². The number of nitrogens with two attached hydrogens (primary N) is 1. The van der Waals surface area contributed by atoms with Gasteiger partial charge in [-0.3, -0.25) is 4.98 Å². The fraction of sp³-hybridized carbons (Fsp3) is 0.429. The predicted octanol–water partition coefficient (Wildman–Crippen LogP) is 3.30. The van der Waals surface area contributed by atoms with Crippen LogP contribution in [0.3, 0.4) is 0 Å². The van der Waals surface area contributed by atoms with Crippen molar-refractivity contribution in [3.05, 3.63) is 30.3 Å². The van der Waals surface area contributed by atoms with Gasteiger partial charge in [0.1, 0.15) is 5.76 Å². The number of hydrogen-bond acceptors (Lipinski definition) is 4. The van der Waals surface area contributed by atoms with Gasteiger partial charge in [0.15, 0.2) is 5.82 Å². The van der Waals surface area contributed by atoms with Crippen LogP contribution in [0.1, 0.15) is 33.0 Å². The van der Waals surface area contributed by atoms with E-state index in [2.05, 4.69) is 30.9 Å². The highest BCUT2D eigenvalue weighted by molar-refractivity contribution is 5.74. The summed E-state index contributed by atoms with van der Waals surface area (Å²) in [5.74, 6) is 1.28. The lowest BCUT2D eigenvalue weighted by atomic mass is 9.89. The summed E-state index contributed by atoms with van der Waals surface area (Å²) in [6.45, 7) is 6.61. The molecule has 2 N–H and O–H groups in total. The van der Waals surface area contributed by atoms with Gasteiger partial charge in [0.25, 0.3) is 0 Å². The molecule has 0 aliphatic carbocycles. The van der Waals surface area contributed by atoms with Crippen LogP contribution in [0.4, 0.5) is 5.82 Å². The van der Waals surface area contributed by atoms with E-state index < -0.39 is 0 Å². The van der Waals surface area contributed by atoms with Gasteiger partial charge >= 0.3 is 0 Å². The molecule has 2 aromatic rings. The number of aromatic nitrogens is 2. The molecule has 0 saturated heterocycles. The van der Waals surface area contributed by atoms with Gasteiger partial charge in [0.2, 0.25) is 0 Å². The van der Waals surface area contributed by atoms with E-state index in [1.165, 1.54) is 0 Å². The molecule has 96 valence electrons. The molecule has 0 saturated carbocycles. The average molecular weight is 245 g/mol. The summed E-state index contributed by atoms with van der Waals surface area (Å²) in [6.07, 6.45) is 5.37. The van der Waals surface area contributed by atoms with Crippen LogP contribution in [0, 0.1) is 5.41 Å². The van der Waals surface area contributed by atoms with Crippen molar-refractivity contribution in [1.29, 1.82) is 0 Å². The molecule has 0 amide bonds. The van der Waals surface area contributed by atoms with Crippen molar-refractivity contribution in [2.45, 2.75) is 33.6 Å². The molecule has 18 heavy (non-hydrogen) atoms. The van der Waals surface area contributed by atoms with Crippen LogP contribution < -0.4 is 5.73 Å². The van der Waals surface area contributed by atoms with Crippen molar-refractivity contribution in [2.24, 2.45) is 5.41 Å². The molecule has 0 aliphatic rings. The Bertz CT molecular complexity index is 512. The highest BCUT2D eigenvalue weighted by Crippen LogP contribution is 2.31. The number of rotatable bonds is 3. The first-order chi connectivity index (χ1) is 8.47. The maximum Gasteiger partial charge on any atom is 0.175 e. The van der Waals surface area contributed by atoms with Crippen molar-refractivity contribution in [1.82, 2.24) is 10.1 Å². The molecular weight excluding hydrogens is 226 g/mol. The van der Waals surface area contributed by atoms with Crippen LogP contribution >= 0.6 is 0 Å². The van der Waals surface area contributed by atoms with E-state index in [-0.39, 0.29) is 5.41 Å². The summed E-state index contributed by atoms with van der Waals surface area (Å²) >= 11 is 0. The summed E-state index contributed by atoms with van der Waals surface area (Å²) in [7, 11) is 0. The largest absolute Gasteiger partial charge is 0.380 e. The van der Waals surface area contributed by atoms with Gasteiger partial charge in [-0.15, -0.1) is 0 Å². The summed E-state index contributed by atoms with van der Waals surface area (Å²) in [5, 5.41) is 3.87. The topological polar surface area (TPSA) is 64.9 Å². The molecule has 0 radical (unpaired) electrons. The molecule has 2 aromatic heterocycles. The number of aryl methyl sites for hydroxylation is 1. The van der Waals surface area contributed by atoms with Crippen LogP contribution in [-0.2, 0) is 6.42 Å². The second-order valence-electron chi connectivity index (χ2n) is 5.67. The average Bonchev–Trinajstić information content (AvgIpc) is 2.68. The Morgan fingerprint density at radius 1 is 1.33 bits per heavy atom. The second kappa shape index (κ2) is 4.80. The normalized spacial score (nSPS) is 11.7. The second-order valence-corrected chi connectivity index (χ2v) is 5.67. The molecule has 0 bridgehead atoms. The smallest absolute Gasteiger partial charge is 0.175 e. The van der Waals surface area contributed by atoms with E-state index in [9.17, 15) is 0 Å². The lowest BCUT2D eigenvalue weighted by Crippen LogP contribution is -2.06. The lowest BCUT2D eigenvalue weighted by Gasteiger charge is -2.16. The minimum Gasteiger partial charge on any atom is -0.380 e. The highest BCUT2D eigenvalue weighted by Gasteiger charge is 2.18. The summed E-state index contributed by atoms with van der Waals surface area (Å²) in [6, 6.07) is 3.85. The van der Waals surface area contributed by atoms with E-state index in [0.717, 1.165) is 29.7 Å². The third kappa shape index (κ3) is 2.88. The molecule has 0 fully saturated rings. The maximum atomic E-state index is 5.88. The zero-order valence-electron chi connectivity index (χ0n) is 11.1. The first-order valence-electron chi connectivity index (χ1n) is 6.12. The molecule has 0 atom stereocenters. The van der Waals surface area contributed by atoms with E-state index in [4.69, 9.17) is 10.3 Å². The number of anilines is 1. The quantitative estimate of drug-likeness (QED) is 0.901. The van der Waals surface area contributed by atoms with Gasteiger partial charge < -0.3 is 10.3 Å². The minimum atomic E-state index is 0.258. The van der Waals surface area contributed by atoms with Gasteiger partial charge in [-0.05, 0) is 17.9 Å². The van der Waals surface area contributed by atoms with E-state index in [0.29, 0.717) is 5.82 Å². The van der Waals surface area contributed by atoms with E-state index in [1.54, 1.807) is 12.4 Å². The van der Waals surface area contributed by atoms with Crippen molar-refractivity contribution < 1.29 is 4.52 Å². The first kappa shape index (κ1) is 12.6. The summed E-state index contributed by atoms with van der Waals surface area (Å²) < 4.78 is 5.34. The summed E-state index contributed by atoms with van der Waals surface area (Å²) in [4.78, 5) is 4.11. The number of nitrogens with zero attached hydrogens (tertiary/aromatic N) is 2. The number of hydrogen-bond donors (Lipinski definition) is 1. The molecule has 2 rings (SSSR count). The van der Waals surface area contributed by atoms with Crippen molar-refractivity contribution >= 4 is 5.82 Å². The number of pyridine rings is 1. The van der Waals surface area contributed by atoms with Gasteiger partial charge in [-0.1, -0.05) is 32.0 Å². The third-order valence-electron chi connectivity index (χ3n) is 2.84. The molecule has 2 heterocycles. The van der Waals surface area contributed by atoms with Crippen LogP contribution in [-0.4, -0.2) is 10.1 Å². The van der Waals surface area contributed by atoms with E-state index >= 15 is 0 Å². The Labute approximate surface area is 107 Å². The zero-order chi connectivity index (χ0) is 13.2. The minimum absolute atomic E-state index is 0.258. The molecule has 0 unspecified atom stereocenters. The standard InChI is InChI=1S/C14H19N3O/c1-14(2,3)7-6-11-12(13(15)17-18-11)10-5-4-8-16-9-10/h4-5,8-9H,6-7H2,1-3H3,(H2,15,17). The Morgan fingerprint density at radius 3 is 2.72 bits per heavy atom. The monoisotopic (exact) mass is 245 g/mol. The van der Waals surface area contributed by atoms with Crippen molar-refractivity contribution in [2.75, 3.05) is 5.73 Å². The van der Waals surface area contributed by atoms with Crippen molar-refractivity contribution in [3.8, 4) is 11.1 Å². The zero-order valence-corrected chi connectivity index (χ0v) is 11.1. The summed E-state index contributed by atoms with van der Waals surface area (Å²) in [5.41, 5.74) is 7.98. The van der Waals surface area contributed by atoms with Crippen LogP contribution in [0.15, 0.2) is 29.0 Å². The van der Waals surface area contributed by atoms with Crippen LogP contribution in [0.25, 0.3) is 11.1 Å². The molecule has 4 nitrogen and oxygen atoms in total. The van der Waals surface area contributed by atoms with Crippen molar-refractivity contribution in [3.63, 3.8) is 0 Å². The Hall–Kier alpha value is -1.84. The third-order valence-corrected chi connectivity index (χ3v) is 2.84. The molecule has 0 spiro atoms. The first-order valence-corrected chi connectivity index (χ1v) is 6.12. The predicted molar refractivity (Wildman–Crippen MR) is 71.9 cm³/mol. The molecule has 0 aromatic carbocycles. The fourth-order valence-electron chi connectivity index (χ4n) is 1.82. The fourth-order valence-corrected chi connectivity index (χ4v) is 1.82. The van der Waals surface area contributed by atoms with Gasteiger partial charge in [0.05, 0.1) is 5.56 Å². The van der Waals surface area contributed by atoms with E-state index in [1.807, 2.05) is 12.1 Å². The Balaban J connectivity index is 2.28. The highest BCUT2D eigenvalue weighted by atomic mass is 16.5. The lowest BCUT2D eigenvalue weighted by molar-refractivity contribution is 0.333. The number of nitrogen functional groups attached to an aromatic ring is 1. The maximum absolute atomic E-state index is 5.88. The van der Waals surface area contributed by atoms with Crippen LogP contribution in [0.2, 0.25) is 0 Å². The SMILES string of the molecule is CC(C)(C)CCc1onc(N)c1-c1cccnc1. The van der Waals surface area contributed by atoms with Crippen LogP contribution in [0.5, 0.6) is 0 Å². The Morgan fingerprint density at radius 2 is 2.11 bits per heavy atom. The molecule has 4 heteroatoms. The van der Waals surface area contributed by atoms with Gasteiger partial charge in [-0.2, -0.15) is 0 Å². The molecule has 0 aliphatic heterocycles. The molecular formula is C14H19N3O.